The topological polar surface area (TPSA) is 43.9 Å². The molecule has 4 rings (SSSR count). The molecule has 4 heteroatoms. The summed E-state index contributed by atoms with van der Waals surface area (Å²) in [4.78, 5) is 0. The van der Waals surface area contributed by atoms with Gasteiger partial charge in [0.1, 0.15) is 5.69 Å². The minimum atomic E-state index is 0.560. The molecule has 22 heavy (non-hydrogen) atoms. The van der Waals surface area contributed by atoms with Gasteiger partial charge in [-0.1, -0.05) is 48.5 Å². The molecule has 0 aliphatic carbocycles. The van der Waals surface area contributed by atoms with Gasteiger partial charge in [-0.2, -0.15) is 0 Å². The van der Waals surface area contributed by atoms with Crippen molar-refractivity contribution in [3.63, 3.8) is 0 Å². The quantitative estimate of drug-likeness (QED) is 0.571. The first kappa shape index (κ1) is 12.8. The van der Waals surface area contributed by atoms with Crippen LogP contribution in [0.5, 0.6) is 0 Å². The maximum absolute atomic E-state index is 5.40. The van der Waals surface area contributed by atoms with Crippen molar-refractivity contribution in [1.82, 2.24) is 14.8 Å². The largest absolute Gasteiger partial charge is 0.422 e. The highest BCUT2D eigenvalue weighted by Crippen LogP contribution is 2.27. The van der Waals surface area contributed by atoms with E-state index in [0.29, 0.717) is 5.89 Å². The van der Waals surface area contributed by atoms with Crippen LogP contribution in [0.3, 0.4) is 0 Å². The Kier molecular flexibility index (Phi) is 3.20. The molecule has 4 nitrogen and oxygen atoms in total. The standard InChI is InChI=1S/C18H15N3O/c1-2-6-14(7-3-1)10-11-21-16-9-5-4-8-15(16)12-17(21)18-20-19-13-22-18/h1-9,12-13H,10-11H2. The van der Waals surface area contributed by atoms with E-state index in [-0.39, 0.29) is 0 Å². The fourth-order valence-corrected chi connectivity index (χ4v) is 2.80. The molecule has 0 spiro atoms. The zero-order valence-corrected chi connectivity index (χ0v) is 12.0. The summed E-state index contributed by atoms with van der Waals surface area (Å²) in [5.74, 6) is 0.560. The lowest BCUT2D eigenvalue weighted by Crippen LogP contribution is -2.03. The second-order valence-corrected chi connectivity index (χ2v) is 5.22. The third-order valence-corrected chi connectivity index (χ3v) is 3.86. The summed E-state index contributed by atoms with van der Waals surface area (Å²) in [6.07, 6.45) is 2.33. The monoisotopic (exact) mass is 289 g/mol. The van der Waals surface area contributed by atoms with E-state index in [2.05, 4.69) is 63.3 Å². The maximum Gasteiger partial charge on any atom is 0.264 e. The van der Waals surface area contributed by atoms with E-state index in [1.54, 1.807) is 0 Å². The van der Waals surface area contributed by atoms with Crippen molar-refractivity contribution in [3.05, 3.63) is 72.6 Å². The highest BCUT2D eigenvalue weighted by Gasteiger charge is 2.14. The predicted molar refractivity (Wildman–Crippen MR) is 85.4 cm³/mol. The van der Waals surface area contributed by atoms with Gasteiger partial charge < -0.3 is 8.98 Å². The van der Waals surface area contributed by atoms with Crippen LogP contribution in [0.1, 0.15) is 5.56 Å². The highest BCUT2D eigenvalue weighted by atomic mass is 16.4. The number of benzene rings is 2. The maximum atomic E-state index is 5.40. The van der Waals surface area contributed by atoms with E-state index in [9.17, 15) is 0 Å². The van der Waals surface area contributed by atoms with Crippen molar-refractivity contribution in [2.24, 2.45) is 0 Å². The van der Waals surface area contributed by atoms with Gasteiger partial charge in [-0.15, -0.1) is 10.2 Å². The van der Waals surface area contributed by atoms with Gasteiger partial charge >= 0.3 is 0 Å². The zero-order chi connectivity index (χ0) is 14.8. The molecule has 2 aromatic carbocycles. The molecular weight excluding hydrogens is 274 g/mol. The van der Waals surface area contributed by atoms with Crippen LogP contribution >= 0.6 is 0 Å². The smallest absolute Gasteiger partial charge is 0.264 e. The number of rotatable bonds is 4. The minimum Gasteiger partial charge on any atom is -0.422 e. The van der Waals surface area contributed by atoms with Gasteiger partial charge in [0.2, 0.25) is 6.39 Å². The first-order valence-electron chi connectivity index (χ1n) is 7.30. The summed E-state index contributed by atoms with van der Waals surface area (Å²) in [5.41, 5.74) is 3.47. The number of hydrogen-bond donors (Lipinski definition) is 0. The summed E-state index contributed by atoms with van der Waals surface area (Å²) < 4.78 is 7.64. The summed E-state index contributed by atoms with van der Waals surface area (Å²) in [6.45, 7) is 0.870. The molecule has 0 aliphatic heterocycles. The van der Waals surface area contributed by atoms with Crippen molar-refractivity contribution in [3.8, 4) is 11.6 Å². The second kappa shape index (κ2) is 5.48. The number of nitrogens with zero attached hydrogens (tertiary/aromatic N) is 3. The number of aryl methyl sites for hydroxylation is 2. The van der Waals surface area contributed by atoms with Gasteiger partial charge in [-0.25, -0.2) is 0 Å². The summed E-state index contributed by atoms with van der Waals surface area (Å²) in [7, 11) is 0. The summed E-state index contributed by atoms with van der Waals surface area (Å²) >= 11 is 0. The van der Waals surface area contributed by atoms with Crippen LogP contribution in [0.15, 0.2) is 71.5 Å². The molecule has 0 fully saturated rings. The van der Waals surface area contributed by atoms with Gasteiger partial charge in [-0.3, -0.25) is 0 Å². The Balaban J connectivity index is 1.76. The summed E-state index contributed by atoms with van der Waals surface area (Å²) in [6, 6.07) is 20.9. The fourth-order valence-electron chi connectivity index (χ4n) is 2.80. The molecule has 0 aliphatic rings. The number of hydrogen-bond acceptors (Lipinski definition) is 3. The number of para-hydroxylation sites is 1. The van der Waals surface area contributed by atoms with Crippen LogP contribution in [-0.4, -0.2) is 14.8 Å². The third kappa shape index (κ3) is 2.29. The lowest BCUT2D eigenvalue weighted by atomic mass is 10.1. The Morgan fingerprint density at radius 1 is 0.955 bits per heavy atom. The first-order chi connectivity index (χ1) is 10.9. The average Bonchev–Trinajstić information content (AvgIpc) is 3.21. The van der Waals surface area contributed by atoms with Crippen LogP contribution < -0.4 is 0 Å². The molecule has 0 amide bonds. The number of aromatic nitrogens is 3. The normalized spacial score (nSPS) is 11.1. The second-order valence-electron chi connectivity index (χ2n) is 5.22. The Morgan fingerprint density at radius 3 is 2.59 bits per heavy atom. The average molecular weight is 289 g/mol. The fraction of sp³-hybridized carbons (Fsp3) is 0.111. The molecular formula is C18H15N3O. The molecule has 2 heterocycles. The molecule has 0 unspecified atom stereocenters. The van der Waals surface area contributed by atoms with E-state index >= 15 is 0 Å². The van der Waals surface area contributed by atoms with Crippen molar-refractivity contribution in [1.29, 1.82) is 0 Å². The Labute approximate surface area is 128 Å². The van der Waals surface area contributed by atoms with E-state index in [1.807, 2.05) is 12.1 Å². The molecule has 2 aromatic heterocycles. The van der Waals surface area contributed by atoms with Gasteiger partial charge in [0.15, 0.2) is 0 Å². The molecule has 0 bridgehead atoms. The SMILES string of the molecule is c1ccc(CCn2c(-c3nnco3)cc3ccccc32)cc1. The highest BCUT2D eigenvalue weighted by molar-refractivity contribution is 5.85. The Hall–Kier alpha value is -2.88. The van der Waals surface area contributed by atoms with Crippen molar-refractivity contribution in [2.75, 3.05) is 0 Å². The summed E-state index contributed by atoms with van der Waals surface area (Å²) in [5, 5.41) is 9.04. The molecule has 0 N–H and O–H groups in total. The van der Waals surface area contributed by atoms with Gasteiger partial charge in [0, 0.05) is 17.4 Å². The van der Waals surface area contributed by atoms with Crippen LogP contribution in [0, 0.1) is 0 Å². The van der Waals surface area contributed by atoms with E-state index in [1.165, 1.54) is 22.9 Å². The van der Waals surface area contributed by atoms with E-state index in [4.69, 9.17) is 4.42 Å². The van der Waals surface area contributed by atoms with Crippen LogP contribution in [0.25, 0.3) is 22.5 Å². The predicted octanol–water partition coefficient (Wildman–Crippen LogP) is 3.93. The zero-order valence-electron chi connectivity index (χ0n) is 12.0. The van der Waals surface area contributed by atoms with Crippen molar-refractivity contribution in [2.45, 2.75) is 13.0 Å². The third-order valence-electron chi connectivity index (χ3n) is 3.86. The lowest BCUT2D eigenvalue weighted by molar-refractivity contribution is 0.559. The van der Waals surface area contributed by atoms with Crippen molar-refractivity contribution < 1.29 is 4.42 Å². The molecule has 0 saturated carbocycles. The van der Waals surface area contributed by atoms with Gasteiger partial charge in [0.05, 0.1) is 0 Å². The molecule has 0 saturated heterocycles. The first-order valence-corrected chi connectivity index (χ1v) is 7.30. The number of fused-ring (bicyclic) bond motifs is 1. The molecule has 108 valence electrons. The van der Waals surface area contributed by atoms with Gasteiger partial charge in [-0.05, 0) is 24.1 Å². The molecule has 0 radical (unpaired) electrons. The minimum absolute atomic E-state index is 0.560. The van der Waals surface area contributed by atoms with Crippen molar-refractivity contribution >= 4 is 10.9 Å². The Morgan fingerprint density at radius 2 is 1.77 bits per heavy atom. The van der Waals surface area contributed by atoms with E-state index in [0.717, 1.165) is 18.7 Å². The molecule has 0 atom stereocenters. The van der Waals surface area contributed by atoms with Crippen LogP contribution in [0.4, 0.5) is 0 Å². The molecule has 4 aromatic rings. The lowest BCUT2D eigenvalue weighted by Gasteiger charge is -2.09. The van der Waals surface area contributed by atoms with Crippen LogP contribution in [-0.2, 0) is 13.0 Å². The van der Waals surface area contributed by atoms with Crippen LogP contribution in [0.2, 0.25) is 0 Å². The Bertz CT molecular complexity index is 879. The van der Waals surface area contributed by atoms with E-state index < -0.39 is 0 Å². The van der Waals surface area contributed by atoms with Gasteiger partial charge in [0.25, 0.3) is 5.89 Å².